The average Bonchev–Trinajstić information content (AvgIpc) is 2.62. The molecule has 98 valence electrons. The summed E-state index contributed by atoms with van der Waals surface area (Å²) in [7, 11) is 0. The van der Waals surface area contributed by atoms with Crippen LogP contribution in [0.15, 0.2) is 0 Å². The fourth-order valence-corrected chi connectivity index (χ4v) is 3.05. The molecule has 1 amide bonds. The number of carbonyl (C=O) groups excluding carboxylic acids is 1. The summed E-state index contributed by atoms with van der Waals surface area (Å²) in [6.45, 7) is 5.92. The zero-order chi connectivity index (χ0) is 13.1. The number of aliphatic carboxylic acids is 1. The van der Waals surface area contributed by atoms with Crippen molar-refractivity contribution in [3.63, 3.8) is 0 Å². The van der Waals surface area contributed by atoms with Gasteiger partial charge in [-0.1, -0.05) is 0 Å². The van der Waals surface area contributed by atoms with Crippen LogP contribution in [0.4, 0.5) is 0 Å². The van der Waals surface area contributed by atoms with Gasteiger partial charge in [-0.05, 0) is 39.4 Å². The van der Waals surface area contributed by atoms with Crippen LogP contribution in [0.2, 0.25) is 0 Å². The topological polar surface area (TPSA) is 66.4 Å². The number of rotatable bonds is 5. The Kier molecular flexibility index (Phi) is 4.47. The van der Waals surface area contributed by atoms with E-state index in [4.69, 9.17) is 5.11 Å². The lowest BCUT2D eigenvalue weighted by atomic mass is 9.89. The van der Waals surface area contributed by atoms with Crippen molar-refractivity contribution >= 4 is 23.6 Å². The molecule has 0 bridgehead atoms. The SMILES string of the molecule is CC1(CNC(=O)CC(C)(C)C(=O)O)CCCS1. The fourth-order valence-electron chi connectivity index (χ4n) is 1.80. The summed E-state index contributed by atoms with van der Waals surface area (Å²) in [5.41, 5.74) is -0.992. The van der Waals surface area contributed by atoms with E-state index in [9.17, 15) is 9.59 Å². The molecule has 1 aliphatic heterocycles. The zero-order valence-corrected chi connectivity index (χ0v) is 11.5. The molecular weight excluding hydrogens is 238 g/mol. The number of carboxylic acids is 1. The molecule has 1 unspecified atom stereocenters. The van der Waals surface area contributed by atoms with Gasteiger partial charge in [-0.2, -0.15) is 11.8 Å². The highest BCUT2D eigenvalue weighted by Crippen LogP contribution is 2.37. The molecule has 5 heteroatoms. The lowest BCUT2D eigenvalue weighted by Crippen LogP contribution is -2.39. The molecule has 1 rings (SSSR count). The van der Waals surface area contributed by atoms with Crippen molar-refractivity contribution < 1.29 is 14.7 Å². The van der Waals surface area contributed by atoms with Crippen LogP contribution in [0.5, 0.6) is 0 Å². The Hall–Kier alpha value is -0.710. The summed E-state index contributed by atoms with van der Waals surface area (Å²) in [6.07, 6.45) is 2.33. The van der Waals surface area contributed by atoms with Gasteiger partial charge in [0, 0.05) is 17.7 Å². The number of thioether (sulfide) groups is 1. The van der Waals surface area contributed by atoms with E-state index in [2.05, 4.69) is 12.2 Å². The van der Waals surface area contributed by atoms with Gasteiger partial charge in [-0.15, -0.1) is 0 Å². The van der Waals surface area contributed by atoms with Crippen molar-refractivity contribution in [2.24, 2.45) is 5.41 Å². The largest absolute Gasteiger partial charge is 0.481 e. The number of hydrogen-bond donors (Lipinski definition) is 2. The van der Waals surface area contributed by atoms with Crippen molar-refractivity contribution in [1.29, 1.82) is 0 Å². The van der Waals surface area contributed by atoms with E-state index in [0.29, 0.717) is 6.54 Å². The summed E-state index contributed by atoms with van der Waals surface area (Å²) in [4.78, 5) is 22.6. The zero-order valence-electron chi connectivity index (χ0n) is 10.7. The maximum atomic E-state index is 11.7. The predicted molar refractivity (Wildman–Crippen MR) is 69.1 cm³/mol. The fraction of sp³-hybridized carbons (Fsp3) is 0.833. The standard InChI is InChI=1S/C12H21NO3S/c1-11(2,10(15)16)7-9(14)13-8-12(3)5-4-6-17-12/h4-8H2,1-3H3,(H,13,14)(H,15,16). The lowest BCUT2D eigenvalue weighted by molar-refractivity contribution is -0.149. The molecule has 17 heavy (non-hydrogen) atoms. The second-order valence-electron chi connectivity index (χ2n) is 5.54. The summed E-state index contributed by atoms with van der Waals surface area (Å²) in [5.74, 6) is 0.0349. The quantitative estimate of drug-likeness (QED) is 0.791. The van der Waals surface area contributed by atoms with Gasteiger partial charge in [0.1, 0.15) is 0 Å². The van der Waals surface area contributed by atoms with Crippen LogP contribution in [0.3, 0.4) is 0 Å². The third kappa shape index (κ3) is 4.22. The van der Waals surface area contributed by atoms with Crippen LogP contribution in [0.25, 0.3) is 0 Å². The van der Waals surface area contributed by atoms with Crippen molar-refractivity contribution in [1.82, 2.24) is 5.32 Å². The summed E-state index contributed by atoms with van der Waals surface area (Å²) in [5, 5.41) is 11.8. The van der Waals surface area contributed by atoms with Crippen LogP contribution >= 0.6 is 11.8 Å². The van der Waals surface area contributed by atoms with Crippen LogP contribution in [0, 0.1) is 5.41 Å². The highest BCUT2D eigenvalue weighted by Gasteiger charge is 2.33. The van der Waals surface area contributed by atoms with Crippen molar-refractivity contribution in [3.05, 3.63) is 0 Å². The third-order valence-electron chi connectivity index (χ3n) is 3.14. The van der Waals surface area contributed by atoms with Crippen LogP contribution < -0.4 is 5.32 Å². The van der Waals surface area contributed by atoms with E-state index >= 15 is 0 Å². The molecule has 0 saturated carbocycles. The van der Waals surface area contributed by atoms with Crippen LogP contribution in [-0.4, -0.2) is 34.0 Å². The summed E-state index contributed by atoms with van der Waals surface area (Å²) in [6, 6.07) is 0. The molecule has 0 aromatic rings. The van der Waals surface area contributed by atoms with Crippen LogP contribution in [0.1, 0.15) is 40.0 Å². The van der Waals surface area contributed by atoms with Gasteiger partial charge in [-0.25, -0.2) is 0 Å². The Bertz CT molecular complexity index is 309. The van der Waals surface area contributed by atoms with Crippen molar-refractivity contribution in [3.8, 4) is 0 Å². The van der Waals surface area contributed by atoms with E-state index in [0.717, 1.165) is 12.2 Å². The molecule has 2 N–H and O–H groups in total. The van der Waals surface area contributed by atoms with E-state index in [-0.39, 0.29) is 17.1 Å². The molecule has 0 spiro atoms. The molecule has 1 saturated heterocycles. The van der Waals surface area contributed by atoms with Gasteiger partial charge < -0.3 is 10.4 Å². The van der Waals surface area contributed by atoms with Gasteiger partial charge in [0.2, 0.25) is 5.91 Å². The van der Waals surface area contributed by atoms with Gasteiger partial charge in [0.25, 0.3) is 0 Å². The minimum atomic E-state index is -0.992. The second-order valence-corrected chi connectivity index (χ2v) is 7.23. The number of amides is 1. The first-order valence-electron chi connectivity index (χ1n) is 5.89. The predicted octanol–water partition coefficient (Wildman–Crippen LogP) is 1.89. The number of carboxylic acid groups (broad SMARTS) is 1. The molecular formula is C12H21NO3S. The number of carbonyl (C=O) groups is 2. The Morgan fingerprint density at radius 3 is 2.59 bits per heavy atom. The van der Waals surface area contributed by atoms with Crippen LogP contribution in [-0.2, 0) is 9.59 Å². The lowest BCUT2D eigenvalue weighted by Gasteiger charge is -2.24. The number of nitrogens with one attached hydrogen (secondary N) is 1. The summed E-state index contributed by atoms with van der Waals surface area (Å²) < 4.78 is 0.128. The van der Waals surface area contributed by atoms with E-state index in [1.807, 2.05) is 11.8 Å². The van der Waals surface area contributed by atoms with Gasteiger partial charge >= 0.3 is 5.97 Å². The number of hydrogen-bond acceptors (Lipinski definition) is 3. The second kappa shape index (κ2) is 5.29. The molecule has 1 atom stereocenters. The summed E-state index contributed by atoms with van der Waals surface area (Å²) >= 11 is 1.88. The molecule has 0 aromatic carbocycles. The van der Waals surface area contributed by atoms with E-state index in [1.54, 1.807) is 13.8 Å². The average molecular weight is 259 g/mol. The maximum absolute atomic E-state index is 11.7. The van der Waals surface area contributed by atoms with Gasteiger partial charge in [0.05, 0.1) is 5.41 Å². The monoisotopic (exact) mass is 259 g/mol. The first-order chi connectivity index (χ1) is 7.75. The normalized spacial score (nSPS) is 24.6. The maximum Gasteiger partial charge on any atom is 0.309 e. The molecule has 1 fully saturated rings. The molecule has 1 aliphatic rings. The minimum absolute atomic E-state index is 0.0308. The molecule has 0 aliphatic carbocycles. The van der Waals surface area contributed by atoms with E-state index in [1.165, 1.54) is 6.42 Å². The smallest absolute Gasteiger partial charge is 0.309 e. The highest BCUT2D eigenvalue weighted by molar-refractivity contribution is 8.00. The first-order valence-corrected chi connectivity index (χ1v) is 6.88. The Balaban J connectivity index is 2.37. The van der Waals surface area contributed by atoms with Gasteiger partial charge in [-0.3, -0.25) is 9.59 Å². The first kappa shape index (κ1) is 14.4. The van der Waals surface area contributed by atoms with Gasteiger partial charge in [0.15, 0.2) is 0 Å². The molecule has 0 aromatic heterocycles. The third-order valence-corrected chi connectivity index (χ3v) is 4.68. The van der Waals surface area contributed by atoms with Crippen molar-refractivity contribution in [2.45, 2.75) is 44.8 Å². The molecule has 0 radical (unpaired) electrons. The molecule has 4 nitrogen and oxygen atoms in total. The highest BCUT2D eigenvalue weighted by atomic mass is 32.2. The Labute approximate surface area is 107 Å². The van der Waals surface area contributed by atoms with Crippen molar-refractivity contribution in [2.75, 3.05) is 12.3 Å². The van der Waals surface area contributed by atoms with E-state index < -0.39 is 11.4 Å². The Morgan fingerprint density at radius 1 is 1.47 bits per heavy atom. The molecule has 1 heterocycles. The minimum Gasteiger partial charge on any atom is -0.481 e. The Morgan fingerprint density at radius 2 is 2.12 bits per heavy atom.